The number of ketones is 1. The van der Waals surface area contributed by atoms with E-state index in [1.165, 1.54) is 25.1 Å². The lowest BCUT2D eigenvalue weighted by Crippen LogP contribution is -2.20. The van der Waals surface area contributed by atoms with E-state index in [0.717, 1.165) is 0 Å². The van der Waals surface area contributed by atoms with Crippen molar-refractivity contribution in [3.8, 4) is 11.1 Å². The van der Waals surface area contributed by atoms with E-state index in [9.17, 15) is 14.0 Å². The number of pyridine rings is 2. The molecule has 0 unspecified atom stereocenters. The van der Waals surface area contributed by atoms with E-state index < -0.39 is 11.4 Å². The fraction of sp³-hybridized carbons (Fsp3) is 0.190. The standard InChI is InChI=1S/C21H20ClFN4O2/c1-12(28)8-15-10-14(6-7-24-15)25-19-11-17(21(29)26-20(19)27(2)3)16-9-13(22)4-5-18(16)23/h4-7,9-11H,8H2,1-3H3,(H,24,25)(H,26,29). The van der Waals surface area contributed by atoms with Crippen molar-refractivity contribution in [1.82, 2.24) is 9.97 Å². The van der Waals surface area contributed by atoms with Gasteiger partial charge in [-0.15, -0.1) is 0 Å². The number of hydrogen-bond acceptors (Lipinski definition) is 5. The average Bonchev–Trinajstić information content (AvgIpc) is 2.64. The van der Waals surface area contributed by atoms with Crippen LogP contribution in [-0.4, -0.2) is 29.8 Å². The lowest BCUT2D eigenvalue weighted by Gasteiger charge is -2.19. The van der Waals surface area contributed by atoms with Gasteiger partial charge in [0.2, 0.25) is 0 Å². The summed E-state index contributed by atoms with van der Waals surface area (Å²) < 4.78 is 14.3. The number of rotatable bonds is 6. The first-order valence-electron chi connectivity index (χ1n) is 8.86. The lowest BCUT2D eigenvalue weighted by atomic mass is 10.1. The van der Waals surface area contributed by atoms with Crippen LogP contribution in [0.25, 0.3) is 11.1 Å². The monoisotopic (exact) mass is 414 g/mol. The Morgan fingerprint density at radius 3 is 2.66 bits per heavy atom. The highest BCUT2D eigenvalue weighted by atomic mass is 35.5. The van der Waals surface area contributed by atoms with Gasteiger partial charge < -0.3 is 15.2 Å². The number of hydrogen-bond donors (Lipinski definition) is 2. The van der Waals surface area contributed by atoms with Crippen molar-refractivity contribution in [2.24, 2.45) is 0 Å². The molecule has 0 aliphatic carbocycles. The second-order valence-electron chi connectivity index (χ2n) is 6.83. The molecule has 0 fully saturated rings. The van der Waals surface area contributed by atoms with Gasteiger partial charge in [0.05, 0.1) is 11.3 Å². The number of anilines is 3. The minimum atomic E-state index is -0.545. The third kappa shape index (κ3) is 4.81. The number of carbonyl (C=O) groups is 1. The molecule has 6 nitrogen and oxygen atoms in total. The minimum absolute atomic E-state index is 0.00592. The van der Waals surface area contributed by atoms with Gasteiger partial charge in [0.25, 0.3) is 5.56 Å². The molecule has 2 aromatic heterocycles. The molecule has 2 heterocycles. The molecule has 0 aliphatic rings. The lowest BCUT2D eigenvalue weighted by molar-refractivity contribution is -0.116. The molecule has 0 saturated heterocycles. The van der Waals surface area contributed by atoms with E-state index in [1.807, 2.05) is 0 Å². The summed E-state index contributed by atoms with van der Waals surface area (Å²) in [5.74, 6) is -0.0198. The Balaban J connectivity index is 2.09. The van der Waals surface area contributed by atoms with Gasteiger partial charge in [-0.3, -0.25) is 14.6 Å². The molecule has 0 radical (unpaired) electrons. The number of Topliss-reactive ketones (excluding diaryl/α,β-unsaturated/α-hetero) is 1. The zero-order valence-electron chi connectivity index (χ0n) is 16.2. The molecule has 0 bridgehead atoms. The van der Waals surface area contributed by atoms with Crippen LogP contribution >= 0.6 is 11.6 Å². The molecular formula is C21H20ClFN4O2. The number of nitrogens with zero attached hydrogens (tertiary/aromatic N) is 2. The predicted octanol–water partition coefficient (Wildman–Crippen LogP) is 4.17. The molecule has 3 aromatic rings. The number of benzene rings is 1. The topological polar surface area (TPSA) is 78.1 Å². The zero-order valence-corrected chi connectivity index (χ0v) is 17.0. The van der Waals surface area contributed by atoms with Gasteiger partial charge in [0, 0.05) is 48.7 Å². The van der Waals surface area contributed by atoms with Gasteiger partial charge >= 0.3 is 0 Å². The Morgan fingerprint density at radius 1 is 1.21 bits per heavy atom. The van der Waals surface area contributed by atoms with Crippen molar-refractivity contribution in [2.75, 3.05) is 24.3 Å². The number of nitrogens with one attached hydrogen (secondary N) is 2. The maximum Gasteiger partial charge on any atom is 0.257 e. The molecule has 0 aliphatic heterocycles. The molecule has 8 heteroatoms. The van der Waals surface area contributed by atoms with Gasteiger partial charge in [0.15, 0.2) is 0 Å². The summed E-state index contributed by atoms with van der Waals surface area (Å²) in [6.45, 7) is 1.50. The van der Waals surface area contributed by atoms with Crippen molar-refractivity contribution in [1.29, 1.82) is 0 Å². The summed E-state index contributed by atoms with van der Waals surface area (Å²) >= 11 is 5.99. The zero-order chi connectivity index (χ0) is 21.1. The molecule has 29 heavy (non-hydrogen) atoms. The van der Waals surface area contributed by atoms with Crippen LogP contribution in [0.1, 0.15) is 12.6 Å². The quantitative estimate of drug-likeness (QED) is 0.633. The van der Waals surface area contributed by atoms with E-state index in [-0.39, 0.29) is 23.3 Å². The summed E-state index contributed by atoms with van der Waals surface area (Å²) in [5.41, 5.74) is 1.69. The van der Waals surface area contributed by atoms with E-state index in [2.05, 4.69) is 15.3 Å². The summed E-state index contributed by atoms with van der Waals surface area (Å²) in [5, 5.41) is 3.55. The minimum Gasteiger partial charge on any atom is -0.362 e. The van der Waals surface area contributed by atoms with E-state index >= 15 is 0 Å². The van der Waals surface area contributed by atoms with Crippen LogP contribution in [0, 0.1) is 5.82 Å². The molecule has 0 saturated carbocycles. The van der Waals surface area contributed by atoms with Crippen molar-refractivity contribution in [2.45, 2.75) is 13.3 Å². The molecule has 1 aromatic carbocycles. The molecule has 0 spiro atoms. The van der Waals surface area contributed by atoms with Crippen LogP contribution in [0.15, 0.2) is 47.4 Å². The second-order valence-corrected chi connectivity index (χ2v) is 7.27. The number of aromatic amines is 1. The van der Waals surface area contributed by atoms with Gasteiger partial charge in [-0.05, 0) is 43.3 Å². The maximum absolute atomic E-state index is 14.3. The first kappa shape index (κ1) is 20.5. The first-order chi connectivity index (χ1) is 13.7. The molecule has 3 rings (SSSR count). The Kier molecular flexibility index (Phi) is 5.98. The van der Waals surface area contributed by atoms with Crippen LogP contribution in [-0.2, 0) is 11.2 Å². The van der Waals surface area contributed by atoms with Gasteiger partial charge in [-0.1, -0.05) is 11.6 Å². The molecule has 2 N–H and O–H groups in total. The fourth-order valence-electron chi connectivity index (χ4n) is 2.94. The molecular weight excluding hydrogens is 395 g/mol. The van der Waals surface area contributed by atoms with Crippen molar-refractivity contribution < 1.29 is 9.18 Å². The predicted molar refractivity (Wildman–Crippen MR) is 114 cm³/mol. The highest BCUT2D eigenvalue weighted by Gasteiger charge is 2.16. The number of carbonyl (C=O) groups excluding carboxylic acids is 1. The number of halogens is 2. The average molecular weight is 415 g/mol. The normalized spacial score (nSPS) is 10.7. The first-order valence-corrected chi connectivity index (χ1v) is 9.24. The summed E-state index contributed by atoms with van der Waals surface area (Å²) in [6.07, 6.45) is 1.82. The van der Waals surface area contributed by atoms with Crippen molar-refractivity contribution in [3.63, 3.8) is 0 Å². The van der Waals surface area contributed by atoms with E-state index in [0.29, 0.717) is 27.9 Å². The van der Waals surface area contributed by atoms with E-state index in [1.54, 1.807) is 43.4 Å². The summed E-state index contributed by atoms with van der Waals surface area (Å²) in [4.78, 5) is 32.7. The third-order valence-electron chi connectivity index (χ3n) is 4.21. The van der Waals surface area contributed by atoms with Gasteiger partial charge in [0.1, 0.15) is 17.4 Å². The Hall–Kier alpha value is -3.19. The highest BCUT2D eigenvalue weighted by molar-refractivity contribution is 6.30. The second kappa shape index (κ2) is 8.45. The maximum atomic E-state index is 14.3. The molecule has 150 valence electrons. The molecule has 0 atom stereocenters. The van der Waals surface area contributed by atoms with Crippen LogP contribution in [0.3, 0.4) is 0 Å². The Bertz CT molecular complexity index is 1130. The van der Waals surface area contributed by atoms with Gasteiger partial charge in [-0.2, -0.15) is 0 Å². The number of H-pyrrole nitrogens is 1. The van der Waals surface area contributed by atoms with Crippen LogP contribution in [0.4, 0.5) is 21.6 Å². The van der Waals surface area contributed by atoms with Crippen molar-refractivity contribution in [3.05, 3.63) is 69.5 Å². The van der Waals surface area contributed by atoms with Crippen LogP contribution in [0.5, 0.6) is 0 Å². The van der Waals surface area contributed by atoms with Gasteiger partial charge in [-0.25, -0.2) is 4.39 Å². The summed E-state index contributed by atoms with van der Waals surface area (Å²) in [7, 11) is 3.56. The number of aromatic nitrogens is 2. The Labute approximate surface area is 172 Å². The van der Waals surface area contributed by atoms with E-state index in [4.69, 9.17) is 11.6 Å². The highest BCUT2D eigenvalue weighted by Crippen LogP contribution is 2.30. The van der Waals surface area contributed by atoms with Crippen LogP contribution < -0.4 is 15.8 Å². The SMILES string of the molecule is CC(=O)Cc1cc(Nc2cc(-c3cc(Cl)ccc3F)c(=O)[nH]c2N(C)C)ccn1. The largest absolute Gasteiger partial charge is 0.362 e. The molecule has 0 amide bonds. The van der Waals surface area contributed by atoms with Crippen molar-refractivity contribution >= 4 is 34.6 Å². The smallest absolute Gasteiger partial charge is 0.257 e. The van der Waals surface area contributed by atoms with Crippen LogP contribution in [0.2, 0.25) is 5.02 Å². The summed E-state index contributed by atoms with van der Waals surface area (Å²) in [6, 6.07) is 9.14. The Morgan fingerprint density at radius 2 is 1.97 bits per heavy atom. The fourth-order valence-corrected chi connectivity index (χ4v) is 3.11. The third-order valence-corrected chi connectivity index (χ3v) is 4.45.